The second-order valence-corrected chi connectivity index (χ2v) is 8.49. The van der Waals surface area contributed by atoms with E-state index in [0.29, 0.717) is 11.5 Å². The summed E-state index contributed by atoms with van der Waals surface area (Å²) in [4.78, 5) is 43.7. The van der Waals surface area contributed by atoms with E-state index in [-0.39, 0.29) is 43.1 Å². The van der Waals surface area contributed by atoms with Crippen molar-refractivity contribution in [2.24, 2.45) is 0 Å². The maximum atomic E-state index is 13.0. The summed E-state index contributed by atoms with van der Waals surface area (Å²) in [6.45, 7) is 3.80. The quantitative estimate of drug-likeness (QED) is 0.657. The van der Waals surface area contributed by atoms with E-state index in [4.69, 9.17) is 0 Å². The number of pyridine rings is 1. The van der Waals surface area contributed by atoms with Crippen LogP contribution in [-0.4, -0.2) is 35.3 Å². The van der Waals surface area contributed by atoms with Crippen LogP contribution in [0.3, 0.4) is 0 Å². The minimum Gasteiger partial charge on any atom is -0.352 e. The third-order valence-corrected chi connectivity index (χ3v) is 5.64. The molecule has 1 aliphatic carbocycles. The molecule has 2 aromatic rings. The molecule has 170 valence electrons. The first kappa shape index (κ1) is 23.4. The number of nitrogens with one attached hydrogen (secondary N) is 2. The van der Waals surface area contributed by atoms with Crippen molar-refractivity contribution in [1.29, 1.82) is 0 Å². The number of aromatic nitrogens is 1. The second-order valence-electron chi connectivity index (χ2n) is 8.49. The first-order valence-electron chi connectivity index (χ1n) is 11.3. The highest BCUT2D eigenvalue weighted by molar-refractivity contribution is 6.01. The molecule has 3 rings (SSSR count). The molecule has 0 saturated heterocycles. The van der Waals surface area contributed by atoms with E-state index in [1.165, 1.54) is 11.3 Å². The molecule has 7 nitrogen and oxygen atoms in total. The van der Waals surface area contributed by atoms with E-state index in [0.717, 1.165) is 36.8 Å². The zero-order chi connectivity index (χ0) is 22.9. The summed E-state index contributed by atoms with van der Waals surface area (Å²) in [6, 6.07) is 11.3. The number of anilines is 2. The van der Waals surface area contributed by atoms with Gasteiger partial charge in [0.1, 0.15) is 12.4 Å². The Balaban J connectivity index is 1.62. The fourth-order valence-electron chi connectivity index (χ4n) is 3.95. The molecule has 0 aliphatic heterocycles. The molecule has 1 aromatic carbocycles. The maximum absolute atomic E-state index is 13.0. The summed E-state index contributed by atoms with van der Waals surface area (Å²) in [7, 11) is 0. The highest BCUT2D eigenvalue weighted by Crippen LogP contribution is 2.19. The molecule has 3 amide bonds. The SMILES string of the molecule is Cc1cccc(N(CC(=O)NC2CCCCC2)C(=O)CCC(=O)Nc2cc(C)ccn2)c1. The molecular formula is C25H32N4O3. The molecule has 1 heterocycles. The van der Waals surface area contributed by atoms with Gasteiger partial charge in [0.15, 0.2) is 0 Å². The van der Waals surface area contributed by atoms with Crippen molar-refractivity contribution in [3.8, 4) is 0 Å². The molecule has 7 heteroatoms. The van der Waals surface area contributed by atoms with Crippen LogP contribution >= 0.6 is 0 Å². The predicted octanol–water partition coefficient (Wildman–Crippen LogP) is 3.90. The Kier molecular flexibility index (Phi) is 8.36. The minimum atomic E-state index is -0.285. The summed E-state index contributed by atoms with van der Waals surface area (Å²) >= 11 is 0. The first-order chi connectivity index (χ1) is 15.4. The van der Waals surface area contributed by atoms with Gasteiger partial charge in [-0.1, -0.05) is 31.4 Å². The van der Waals surface area contributed by atoms with E-state index < -0.39 is 0 Å². The molecule has 1 fully saturated rings. The molecule has 0 atom stereocenters. The Morgan fingerprint density at radius 3 is 2.44 bits per heavy atom. The van der Waals surface area contributed by atoms with Crippen LogP contribution in [0.4, 0.5) is 11.5 Å². The topological polar surface area (TPSA) is 91.4 Å². The Bertz CT molecular complexity index is 954. The Morgan fingerprint density at radius 2 is 1.72 bits per heavy atom. The number of nitrogens with zero attached hydrogens (tertiary/aromatic N) is 2. The monoisotopic (exact) mass is 436 g/mol. The Labute approximate surface area is 189 Å². The fraction of sp³-hybridized carbons (Fsp3) is 0.440. The standard InChI is InChI=1S/C25H32N4O3/c1-18-7-6-10-21(15-18)29(17-24(31)27-20-8-4-3-5-9-20)25(32)12-11-23(30)28-22-16-19(2)13-14-26-22/h6-7,10,13-16,20H,3-5,8-9,11-12,17H2,1-2H3,(H,27,31)(H,26,28,30). The Hall–Kier alpha value is -3.22. The van der Waals surface area contributed by atoms with Gasteiger partial charge >= 0.3 is 0 Å². The van der Waals surface area contributed by atoms with Gasteiger partial charge in [0, 0.05) is 30.8 Å². The van der Waals surface area contributed by atoms with Crippen molar-refractivity contribution in [3.63, 3.8) is 0 Å². The lowest BCUT2D eigenvalue weighted by Gasteiger charge is -2.26. The van der Waals surface area contributed by atoms with Gasteiger partial charge in [0.05, 0.1) is 0 Å². The number of rotatable bonds is 8. The largest absolute Gasteiger partial charge is 0.352 e. The van der Waals surface area contributed by atoms with E-state index in [1.807, 2.05) is 44.2 Å². The number of carbonyl (C=O) groups excluding carboxylic acids is 3. The average Bonchev–Trinajstić information content (AvgIpc) is 2.76. The van der Waals surface area contributed by atoms with Crippen LogP contribution in [-0.2, 0) is 14.4 Å². The lowest BCUT2D eigenvalue weighted by Crippen LogP contribution is -2.45. The van der Waals surface area contributed by atoms with Crippen LogP contribution in [0.2, 0.25) is 0 Å². The van der Waals surface area contributed by atoms with E-state index >= 15 is 0 Å². The lowest BCUT2D eigenvalue weighted by atomic mass is 9.95. The third kappa shape index (κ3) is 7.18. The second kappa shape index (κ2) is 11.4. The van der Waals surface area contributed by atoms with Gasteiger partial charge in [-0.3, -0.25) is 14.4 Å². The van der Waals surface area contributed by atoms with Crippen LogP contribution in [0, 0.1) is 13.8 Å². The summed E-state index contributed by atoms with van der Waals surface area (Å²) < 4.78 is 0. The van der Waals surface area contributed by atoms with E-state index in [9.17, 15) is 14.4 Å². The lowest BCUT2D eigenvalue weighted by molar-refractivity contribution is -0.125. The zero-order valence-corrected chi connectivity index (χ0v) is 18.9. The number of hydrogen-bond donors (Lipinski definition) is 2. The molecular weight excluding hydrogens is 404 g/mol. The van der Waals surface area contributed by atoms with Crippen molar-refractivity contribution in [2.75, 3.05) is 16.8 Å². The predicted molar refractivity (Wildman–Crippen MR) is 125 cm³/mol. The molecule has 0 bridgehead atoms. The average molecular weight is 437 g/mol. The van der Waals surface area contributed by atoms with Gasteiger partial charge in [0.2, 0.25) is 17.7 Å². The van der Waals surface area contributed by atoms with Gasteiger partial charge < -0.3 is 15.5 Å². The highest BCUT2D eigenvalue weighted by Gasteiger charge is 2.22. The number of hydrogen-bond acceptors (Lipinski definition) is 4. The van der Waals surface area contributed by atoms with Gasteiger partial charge in [-0.05, 0) is 62.1 Å². The van der Waals surface area contributed by atoms with Crippen LogP contribution in [0.25, 0.3) is 0 Å². The van der Waals surface area contributed by atoms with Crippen molar-refractivity contribution in [2.45, 2.75) is 64.8 Å². The van der Waals surface area contributed by atoms with Crippen molar-refractivity contribution in [1.82, 2.24) is 10.3 Å². The van der Waals surface area contributed by atoms with Crippen LogP contribution < -0.4 is 15.5 Å². The van der Waals surface area contributed by atoms with Crippen molar-refractivity contribution >= 4 is 29.2 Å². The van der Waals surface area contributed by atoms with Gasteiger partial charge in [0.25, 0.3) is 0 Å². The molecule has 0 spiro atoms. The summed E-state index contributed by atoms with van der Waals surface area (Å²) in [6.07, 6.45) is 7.06. The summed E-state index contributed by atoms with van der Waals surface area (Å²) in [5.41, 5.74) is 2.65. The fourth-order valence-corrected chi connectivity index (χ4v) is 3.95. The van der Waals surface area contributed by atoms with Crippen LogP contribution in [0.5, 0.6) is 0 Å². The van der Waals surface area contributed by atoms with Crippen molar-refractivity contribution < 1.29 is 14.4 Å². The van der Waals surface area contributed by atoms with Crippen LogP contribution in [0.15, 0.2) is 42.6 Å². The first-order valence-corrected chi connectivity index (χ1v) is 11.3. The highest BCUT2D eigenvalue weighted by atomic mass is 16.2. The van der Waals surface area contributed by atoms with Crippen molar-refractivity contribution in [3.05, 3.63) is 53.7 Å². The molecule has 0 radical (unpaired) electrons. The molecule has 0 unspecified atom stereocenters. The zero-order valence-electron chi connectivity index (χ0n) is 18.9. The van der Waals surface area contributed by atoms with E-state index in [2.05, 4.69) is 15.6 Å². The van der Waals surface area contributed by atoms with E-state index in [1.54, 1.807) is 12.3 Å². The molecule has 1 aliphatic rings. The maximum Gasteiger partial charge on any atom is 0.240 e. The normalized spacial score (nSPS) is 13.9. The number of aryl methyl sites for hydroxylation is 2. The summed E-state index contributed by atoms with van der Waals surface area (Å²) in [5.74, 6) is -0.251. The third-order valence-electron chi connectivity index (χ3n) is 5.64. The van der Waals surface area contributed by atoms with Crippen LogP contribution in [0.1, 0.15) is 56.1 Å². The van der Waals surface area contributed by atoms with Gasteiger partial charge in [-0.15, -0.1) is 0 Å². The van der Waals surface area contributed by atoms with Gasteiger partial charge in [-0.25, -0.2) is 4.98 Å². The summed E-state index contributed by atoms with van der Waals surface area (Å²) in [5, 5.41) is 5.79. The molecule has 32 heavy (non-hydrogen) atoms. The number of benzene rings is 1. The molecule has 2 N–H and O–H groups in total. The number of carbonyl (C=O) groups is 3. The Morgan fingerprint density at radius 1 is 0.969 bits per heavy atom. The molecule has 1 aromatic heterocycles. The van der Waals surface area contributed by atoms with Gasteiger partial charge in [-0.2, -0.15) is 0 Å². The molecule has 1 saturated carbocycles. The minimum absolute atomic E-state index is 0.00228. The smallest absolute Gasteiger partial charge is 0.240 e. The number of amides is 3.